The molecule has 1 heterocycles. The summed E-state index contributed by atoms with van der Waals surface area (Å²) in [7, 11) is 3.20. The molecule has 0 radical (unpaired) electrons. The van der Waals surface area contributed by atoms with Crippen LogP contribution in [0.2, 0.25) is 0 Å². The normalized spacial score (nSPS) is 11.9. The Kier molecular flexibility index (Phi) is 3.88. The molecule has 0 aliphatic carbocycles. The van der Waals surface area contributed by atoms with Crippen LogP contribution in [0.25, 0.3) is 0 Å². The minimum atomic E-state index is -0.403. The lowest BCUT2D eigenvalue weighted by Crippen LogP contribution is -2.13. The largest absolute Gasteiger partial charge is 0.465 e. The molecular weight excluding hydrogens is 258 g/mol. The number of esters is 1. The summed E-state index contributed by atoms with van der Waals surface area (Å²) in [5, 5.41) is 11.1. The zero-order valence-electron chi connectivity index (χ0n) is 11.6. The molecule has 0 spiro atoms. The number of nitrogens with one attached hydrogen (secondary N) is 1. The van der Waals surface area contributed by atoms with Crippen LogP contribution in [0.15, 0.2) is 24.5 Å². The van der Waals surface area contributed by atoms with Crippen LogP contribution in [0.4, 0.5) is 11.4 Å². The molecule has 0 amide bonds. The van der Waals surface area contributed by atoms with Crippen molar-refractivity contribution in [3.63, 3.8) is 0 Å². The van der Waals surface area contributed by atoms with E-state index in [0.717, 1.165) is 5.82 Å². The Morgan fingerprint density at radius 1 is 1.50 bits per heavy atom. The maximum absolute atomic E-state index is 11.5. The highest BCUT2D eigenvalue weighted by atomic mass is 16.5. The third-order valence-electron chi connectivity index (χ3n) is 2.98. The highest BCUT2D eigenvalue weighted by Crippen LogP contribution is 2.24. The molecule has 1 aromatic carbocycles. The molecule has 20 heavy (non-hydrogen) atoms. The number of carbonyl (C=O) groups excluding carboxylic acids is 1. The van der Waals surface area contributed by atoms with E-state index in [2.05, 4.69) is 15.5 Å². The minimum absolute atomic E-state index is 0.0994. The van der Waals surface area contributed by atoms with Crippen LogP contribution in [0.5, 0.6) is 0 Å². The number of nitrogen functional groups attached to an aromatic ring is 1. The summed E-state index contributed by atoms with van der Waals surface area (Å²) in [6.07, 6.45) is 1.63. The van der Waals surface area contributed by atoms with Crippen molar-refractivity contribution in [2.45, 2.75) is 13.0 Å². The fourth-order valence-electron chi connectivity index (χ4n) is 1.91. The molecule has 0 aliphatic rings. The second kappa shape index (κ2) is 5.60. The molecular formula is C13H17N5O2. The Hall–Kier alpha value is -2.57. The van der Waals surface area contributed by atoms with E-state index in [9.17, 15) is 4.79 Å². The van der Waals surface area contributed by atoms with Crippen molar-refractivity contribution in [3.05, 3.63) is 35.9 Å². The molecule has 7 heteroatoms. The highest BCUT2D eigenvalue weighted by Gasteiger charge is 2.14. The Bertz CT molecular complexity index is 623. The minimum Gasteiger partial charge on any atom is -0.465 e. The van der Waals surface area contributed by atoms with Crippen LogP contribution in [0.3, 0.4) is 0 Å². The summed E-state index contributed by atoms with van der Waals surface area (Å²) in [4.78, 5) is 11.5. The number of nitrogens with two attached hydrogens (primary N) is 1. The average molecular weight is 275 g/mol. The summed E-state index contributed by atoms with van der Waals surface area (Å²) in [5.41, 5.74) is 7.56. The molecule has 7 nitrogen and oxygen atoms in total. The molecule has 1 unspecified atom stereocenters. The maximum Gasteiger partial charge on any atom is 0.337 e. The van der Waals surface area contributed by atoms with Crippen molar-refractivity contribution >= 4 is 17.3 Å². The lowest BCUT2D eigenvalue weighted by Gasteiger charge is -2.16. The predicted molar refractivity (Wildman–Crippen MR) is 75.2 cm³/mol. The van der Waals surface area contributed by atoms with Crippen molar-refractivity contribution in [2.75, 3.05) is 18.2 Å². The van der Waals surface area contributed by atoms with Crippen LogP contribution in [-0.2, 0) is 11.8 Å². The molecule has 0 saturated carbocycles. The van der Waals surface area contributed by atoms with Gasteiger partial charge in [-0.25, -0.2) is 4.79 Å². The molecule has 2 aromatic rings. The first-order valence-electron chi connectivity index (χ1n) is 6.11. The lowest BCUT2D eigenvalue weighted by molar-refractivity contribution is 0.0601. The van der Waals surface area contributed by atoms with Gasteiger partial charge < -0.3 is 20.4 Å². The van der Waals surface area contributed by atoms with Gasteiger partial charge in [0, 0.05) is 7.05 Å². The molecule has 0 saturated heterocycles. The number of hydrogen-bond donors (Lipinski definition) is 2. The molecule has 0 fully saturated rings. The fraction of sp³-hybridized carbons (Fsp3) is 0.308. The van der Waals surface area contributed by atoms with E-state index >= 15 is 0 Å². The number of carbonyl (C=O) groups is 1. The Morgan fingerprint density at radius 3 is 2.85 bits per heavy atom. The van der Waals surface area contributed by atoms with E-state index < -0.39 is 5.97 Å². The SMILES string of the molecule is COC(=O)c1ccc(N)c(NC(C)c2nncn2C)c1. The summed E-state index contributed by atoms with van der Waals surface area (Å²) in [6.45, 7) is 1.94. The van der Waals surface area contributed by atoms with E-state index in [1.165, 1.54) is 7.11 Å². The maximum atomic E-state index is 11.5. The summed E-state index contributed by atoms with van der Waals surface area (Å²) >= 11 is 0. The van der Waals surface area contributed by atoms with E-state index in [0.29, 0.717) is 16.9 Å². The van der Waals surface area contributed by atoms with Gasteiger partial charge in [0.15, 0.2) is 5.82 Å². The number of benzene rings is 1. The molecule has 1 aromatic heterocycles. The molecule has 3 N–H and O–H groups in total. The first kappa shape index (κ1) is 13.9. The third-order valence-corrected chi connectivity index (χ3v) is 2.98. The Morgan fingerprint density at radius 2 is 2.25 bits per heavy atom. The third kappa shape index (κ3) is 2.71. The lowest BCUT2D eigenvalue weighted by atomic mass is 10.1. The van der Waals surface area contributed by atoms with Gasteiger partial charge in [0.25, 0.3) is 0 Å². The van der Waals surface area contributed by atoms with Gasteiger partial charge in [-0.3, -0.25) is 0 Å². The van der Waals surface area contributed by atoms with Gasteiger partial charge in [-0.15, -0.1) is 10.2 Å². The van der Waals surface area contributed by atoms with Crippen molar-refractivity contribution < 1.29 is 9.53 Å². The van der Waals surface area contributed by atoms with Crippen LogP contribution in [0.1, 0.15) is 29.1 Å². The van der Waals surface area contributed by atoms with Crippen LogP contribution in [0, 0.1) is 0 Å². The number of rotatable bonds is 4. The van der Waals surface area contributed by atoms with Gasteiger partial charge >= 0.3 is 5.97 Å². The Labute approximate surface area is 116 Å². The second-order valence-corrected chi connectivity index (χ2v) is 4.46. The van der Waals surface area contributed by atoms with Crippen molar-refractivity contribution in [3.8, 4) is 0 Å². The number of hydrogen-bond acceptors (Lipinski definition) is 6. The molecule has 0 bridgehead atoms. The zero-order chi connectivity index (χ0) is 14.7. The fourth-order valence-corrected chi connectivity index (χ4v) is 1.91. The van der Waals surface area contributed by atoms with Crippen molar-refractivity contribution in [1.82, 2.24) is 14.8 Å². The van der Waals surface area contributed by atoms with Gasteiger partial charge in [0.05, 0.1) is 30.1 Å². The topological polar surface area (TPSA) is 95.1 Å². The number of ether oxygens (including phenoxy) is 1. The van der Waals surface area contributed by atoms with Crippen LogP contribution >= 0.6 is 0 Å². The van der Waals surface area contributed by atoms with Crippen LogP contribution in [-0.4, -0.2) is 27.8 Å². The van der Waals surface area contributed by atoms with Crippen molar-refractivity contribution in [2.24, 2.45) is 7.05 Å². The standard InChI is InChI=1S/C13H17N5O2/c1-8(12-17-15-7-18(12)2)16-11-6-9(13(19)20-3)4-5-10(11)14/h4-8,16H,14H2,1-3H3. The zero-order valence-corrected chi connectivity index (χ0v) is 11.6. The molecule has 106 valence electrons. The highest BCUT2D eigenvalue weighted by molar-refractivity contribution is 5.92. The summed E-state index contributed by atoms with van der Waals surface area (Å²) in [5.74, 6) is 0.368. The van der Waals surface area contributed by atoms with Gasteiger partial charge in [0.2, 0.25) is 0 Å². The van der Waals surface area contributed by atoms with Crippen molar-refractivity contribution in [1.29, 1.82) is 0 Å². The smallest absolute Gasteiger partial charge is 0.337 e. The number of anilines is 2. The number of methoxy groups -OCH3 is 1. The van der Waals surface area contributed by atoms with Gasteiger partial charge in [-0.1, -0.05) is 0 Å². The van der Waals surface area contributed by atoms with E-state index in [4.69, 9.17) is 10.5 Å². The van der Waals surface area contributed by atoms with E-state index in [-0.39, 0.29) is 6.04 Å². The summed E-state index contributed by atoms with van der Waals surface area (Å²) in [6, 6.07) is 4.85. The Balaban J connectivity index is 2.24. The van der Waals surface area contributed by atoms with Gasteiger partial charge in [-0.05, 0) is 25.1 Å². The van der Waals surface area contributed by atoms with E-state index in [1.54, 1.807) is 24.5 Å². The van der Waals surface area contributed by atoms with E-state index in [1.807, 2.05) is 18.5 Å². The first-order chi connectivity index (χ1) is 9.52. The van der Waals surface area contributed by atoms with Gasteiger partial charge in [-0.2, -0.15) is 0 Å². The monoisotopic (exact) mass is 275 g/mol. The van der Waals surface area contributed by atoms with Gasteiger partial charge in [0.1, 0.15) is 6.33 Å². The molecule has 1 atom stereocenters. The number of nitrogens with zero attached hydrogens (tertiary/aromatic N) is 3. The number of aryl methyl sites for hydroxylation is 1. The predicted octanol–water partition coefficient (Wildman–Crippen LogP) is 1.36. The second-order valence-electron chi connectivity index (χ2n) is 4.46. The van der Waals surface area contributed by atoms with Crippen LogP contribution < -0.4 is 11.1 Å². The first-order valence-corrected chi connectivity index (χ1v) is 6.11. The quantitative estimate of drug-likeness (QED) is 0.646. The average Bonchev–Trinajstić information content (AvgIpc) is 2.86. The summed E-state index contributed by atoms with van der Waals surface area (Å²) < 4.78 is 6.51. The number of aromatic nitrogens is 3. The molecule has 0 aliphatic heterocycles. The molecule has 2 rings (SSSR count).